The van der Waals surface area contributed by atoms with E-state index in [-0.39, 0.29) is 11.6 Å². The Labute approximate surface area is 171 Å². The lowest BCUT2D eigenvalue weighted by Crippen LogP contribution is -2.45. The van der Waals surface area contributed by atoms with Crippen LogP contribution in [0.5, 0.6) is 0 Å². The maximum Gasteiger partial charge on any atom is 0.269 e. The number of anilines is 1. The number of nitrogens with zero attached hydrogens (tertiary/aromatic N) is 1. The number of carbonyl (C=O) groups is 1. The number of non-ortho nitro benzene ring substituents is 1. The first-order valence-corrected chi connectivity index (χ1v) is 9.15. The number of benzene rings is 2. The summed E-state index contributed by atoms with van der Waals surface area (Å²) in [4.78, 5) is 23.4. The molecule has 0 saturated heterocycles. The molecule has 0 spiro atoms. The molecule has 0 fully saturated rings. The Balaban J connectivity index is 1.93. The van der Waals surface area contributed by atoms with E-state index >= 15 is 0 Å². The van der Waals surface area contributed by atoms with E-state index in [1.807, 2.05) is 13.0 Å². The van der Waals surface area contributed by atoms with Gasteiger partial charge < -0.3 is 16.0 Å². The van der Waals surface area contributed by atoms with Gasteiger partial charge in [-0.15, -0.1) is 0 Å². The minimum atomic E-state index is -0.546. The van der Waals surface area contributed by atoms with Crippen LogP contribution in [-0.2, 0) is 4.79 Å². The molecule has 1 aliphatic rings. The fraction of sp³-hybridized carbons (Fsp3) is 0.158. The van der Waals surface area contributed by atoms with Crippen LogP contribution in [0.25, 0.3) is 0 Å². The lowest BCUT2D eigenvalue weighted by molar-refractivity contribution is -0.384. The van der Waals surface area contributed by atoms with Crippen molar-refractivity contribution in [3.63, 3.8) is 0 Å². The lowest BCUT2D eigenvalue weighted by Gasteiger charge is -2.30. The molecule has 0 aliphatic carbocycles. The molecule has 1 atom stereocenters. The molecule has 2 aromatic rings. The van der Waals surface area contributed by atoms with Gasteiger partial charge in [-0.2, -0.15) is 0 Å². The molecule has 0 saturated carbocycles. The number of hydrogen-bond donors (Lipinski definition) is 3. The van der Waals surface area contributed by atoms with Crippen molar-refractivity contribution in [2.24, 2.45) is 0 Å². The van der Waals surface area contributed by atoms with Crippen molar-refractivity contribution in [3.05, 3.63) is 80.0 Å². The number of thiocarbonyl (C=S) groups is 1. The molecule has 0 bridgehead atoms. The van der Waals surface area contributed by atoms with Crippen molar-refractivity contribution in [3.8, 4) is 0 Å². The molecular weight excluding hydrogens is 400 g/mol. The normalized spacial score (nSPS) is 16.2. The molecule has 0 radical (unpaired) electrons. The quantitative estimate of drug-likeness (QED) is 0.396. The first kappa shape index (κ1) is 19.8. The molecule has 0 aromatic heterocycles. The van der Waals surface area contributed by atoms with E-state index in [2.05, 4.69) is 16.0 Å². The Bertz CT molecular complexity index is 1000. The van der Waals surface area contributed by atoms with Crippen LogP contribution >= 0.6 is 23.8 Å². The van der Waals surface area contributed by atoms with E-state index < -0.39 is 11.0 Å². The van der Waals surface area contributed by atoms with E-state index in [0.29, 0.717) is 32.7 Å². The number of halogens is 1. The molecule has 1 amide bonds. The predicted octanol–water partition coefficient (Wildman–Crippen LogP) is 3.99. The molecule has 1 heterocycles. The third kappa shape index (κ3) is 4.13. The summed E-state index contributed by atoms with van der Waals surface area (Å²) in [6.45, 7) is 3.63. The number of aryl methyl sites for hydroxylation is 1. The zero-order chi connectivity index (χ0) is 20.4. The number of rotatable bonds is 4. The minimum Gasteiger partial charge on any atom is -0.351 e. The Morgan fingerprint density at radius 3 is 2.50 bits per heavy atom. The predicted molar refractivity (Wildman–Crippen MR) is 112 cm³/mol. The molecule has 7 nitrogen and oxygen atoms in total. The number of allylic oxidation sites excluding steroid dienone is 1. The minimum absolute atomic E-state index is 0.0266. The first-order valence-electron chi connectivity index (χ1n) is 8.36. The Hall–Kier alpha value is -2.97. The highest BCUT2D eigenvalue weighted by Crippen LogP contribution is 2.29. The molecule has 3 rings (SSSR count). The fourth-order valence-corrected chi connectivity index (χ4v) is 3.35. The highest BCUT2D eigenvalue weighted by atomic mass is 35.5. The second-order valence-electron chi connectivity index (χ2n) is 6.34. The van der Waals surface area contributed by atoms with Gasteiger partial charge in [0.05, 0.1) is 16.5 Å². The van der Waals surface area contributed by atoms with Crippen molar-refractivity contribution < 1.29 is 9.72 Å². The second kappa shape index (κ2) is 7.95. The first-order chi connectivity index (χ1) is 13.3. The summed E-state index contributed by atoms with van der Waals surface area (Å²) in [5, 5.41) is 20.7. The summed E-state index contributed by atoms with van der Waals surface area (Å²) in [5.74, 6) is -0.330. The smallest absolute Gasteiger partial charge is 0.269 e. The van der Waals surface area contributed by atoms with Crippen molar-refractivity contribution in [1.82, 2.24) is 10.6 Å². The van der Waals surface area contributed by atoms with Crippen LogP contribution < -0.4 is 16.0 Å². The third-order valence-electron chi connectivity index (χ3n) is 4.38. The molecule has 28 heavy (non-hydrogen) atoms. The van der Waals surface area contributed by atoms with Gasteiger partial charge in [-0.1, -0.05) is 17.7 Å². The summed E-state index contributed by atoms with van der Waals surface area (Å²) < 4.78 is 0. The molecule has 144 valence electrons. The molecule has 1 aliphatic heterocycles. The van der Waals surface area contributed by atoms with Crippen molar-refractivity contribution in [1.29, 1.82) is 0 Å². The van der Waals surface area contributed by atoms with E-state index in [9.17, 15) is 14.9 Å². The van der Waals surface area contributed by atoms with E-state index in [0.717, 1.165) is 5.56 Å². The van der Waals surface area contributed by atoms with Gasteiger partial charge in [0.15, 0.2) is 5.11 Å². The maximum absolute atomic E-state index is 13.0. The van der Waals surface area contributed by atoms with Gasteiger partial charge in [0.1, 0.15) is 0 Å². The van der Waals surface area contributed by atoms with Gasteiger partial charge in [0.25, 0.3) is 11.6 Å². The largest absolute Gasteiger partial charge is 0.351 e. The van der Waals surface area contributed by atoms with Crippen LogP contribution in [0.3, 0.4) is 0 Å². The summed E-state index contributed by atoms with van der Waals surface area (Å²) in [7, 11) is 0. The van der Waals surface area contributed by atoms with Gasteiger partial charge in [0, 0.05) is 28.5 Å². The summed E-state index contributed by atoms with van der Waals surface area (Å²) in [6.07, 6.45) is 0. The van der Waals surface area contributed by atoms with Crippen molar-refractivity contribution in [2.75, 3.05) is 5.32 Å². The topological polar surface area (TPSA) is 96.3 Å². The number of nitro groups is 1. The van der Waals surface area contributed by atoms with E-state index in [1.165, 1.54) is 12.1 Å². The zero-order valence-electron chi connectivity index (χ0n) is 15.1. The number of amides is 1. The highest BCUT2D eigenvalue weighted by molar-refractivity contribution is 7.80. The monoisotopic (exact) mass is 416 g/mol. The van der Waals surface area contributed by atoms with Crippen molar-refractivity contribution in [2.45, 2.75) is 19.9 Å². The number of nitrogens with one attached hydrogen (secondary N) is 3. The van der Waals surface area contributed by atoms with Crippen LogP contribution in [-0.4, -0.2) is 15.9 Å². The number of hydrogen-bond acceptors (Lipinski definition) is 4. The molecular formula is C19H17ClN4O3S. The van der Waals surface area contributed by atoms with Gasteiger partial charge in [-0.25, -0.2) is 0 Å². The van der Waals surface area contributed by atoms with E-state index in [4.69, 9.17) is 23.8 Å². The van der Waals surface area contributed by atoms with Gasteiger partial charge in [0.2, 0.25) is 0 Å². The second-order valence-corrected chi connectivity index (χ2v) is 7.15. The summed E-state index contributed by atoms with van der Waals surface area (Å²) >= 11 is 11.3. The van der Waals surface area contributed by atoms with E-state index in [1.54, 1.807) is 31.2 Å². The van der Waals surface area contributed by atoms with Crippen LogP contribution in [0.15, 0.2) is 53.7 Å². The number of nitro benzene ring substituents is 1. The molecule has 9 heteroatoms. The fourth-order valence-electron chi connectivity index (χ4n) is 2.90. The van der Waals surface area contributed by atoms with Crippen LogP contribution in [0, 0.1) is 17.0 Å². The van der Waals surface area contributed by atoms with Gasteiger partial charge in [-0.05, 0) is 61.5 Å². The Morgan fingerprint density at radius 1 is 1.21 bits per heavy atom. The number of carbonyl (C=O) groups excluding carboxylic acids is 1. The standard InChI is InChI=1S/C19H17ClN4O3S/c1-10-3-6-13(9-15(10)20)22-18(25)16-11(2)21-19(28)23-17(16)12-4-7-14(8-5-12)24(26)27/h3-9,17H,1-2H3,(H,22,25)(H2,21,23,28)/t17-/m1/s1. The van der Waals surface area contributed by atoms with Crippen LogP contribution in [0.4, 0.5) is 11.4 Å². The Morgan fingerprint density at radius 2 is 1.89 bits per heavy atom. The van der Waals surface area contributed by atoms with Crippen LogP contribution in [0.2, 0.25) is 5.02 Å². The zero-order valence-corrected chi connectivity index (χ0v) is 16.6. The summed E-state index contributed by atoms with van der Waals surface area (Å²) in [6, 6.07) is 10.7. The SMILES string of the molecule is CC1=C(C(=O)Nc2ccc(C)c(Cl)c2)[C@@H](c2ccc([N+](=O)[O-])cc2)NC(=S)N1. The van der Waals surface area contributed by atoms with Gasteiger partial charge in [-0.3, -0.25) is 14.9 Å². The average Bonchev–Trinajstić information content (AvgIpc) is 2.64. The average molecular weight is 417 g/mol. The van der Waals surface area contributed by atoms with Crippen LogP contribution in [0.1, 0.15) is 24.1 Å². The van der Waals surface area contributed by atoms with Gasteiger partial charge >= 0.3 is 0 Å². The molecule has 2 aromatic carbocycles. The lowest BCUT2D eigenvalue weighted by atomic mass is 9.94. The maximum atomic E-state index is 13.0. The molecule has 0 unspecified atom stereocenters. The third-order valence-corrected chi connectivity index (χ3v) is 5.01. The summed E-state index contributed by atoms with van der Waals surface area (Å²) in [5.41, 5.74) is 3.16. The highest BCUT2D eigenvalue weighted by Gasteiger charge is 2.30. The molecule has 3 N–H and O–H groups in total. The Kier molecular flexibility index (Phi) is 5.62. The van der Waals surface area contributed by atoms with Crippen molar-refractivity contribution >= 4 is 46.2 Å².